The number of esters is 1. The highest BCUT2D eigenvalue weighted by atomic mass is 19.1. The van der Waals surface area contributed by atoms with Crippen molar-refractivity contribution >= 4 is 5.97 Å². The fourth-order valence-electron chi connectivity index (χ4n) is 3.23. The second kappa shape index (κ2) is 6.56. The van der Waals surface area contributed by atoms with Crippen molar-refractivity contribution in [3.8, 4) is 0 Å². The van der Waals surface area contributed by atoms with Gasteiger partial charge in [0.2, 0.25) is 0 Å². The van der Waals surface area contributed by atoms with Gasteiger partial charge in [-0.3, -0.25) is 0 Å². The van der Waals surface area contributed by atoms with E-state index < -0.39 is 0 Å². The maximum atomic E-state index is 13.3. The molecule has 0 bridgehead atoms. The van der Waals surface area contributed by atoms with Crippen LogP contribution < -0.4 is 0 Å². The topological polar surface area (TPSA) is 26.3 Å². The minimum Gasteiger partial charge on any atom is -0.463 e. The molecular formula is C20H18F2O2. The maximum absolute atomic E-state index is 13.3. The number of carbonyl (C=O) groups excluding carboxylic acids is 1. The Morgan fingerprint density at radius 2 is 1.58 bits per heavy atom. The van der Waals surface area contributed by atoms with Crippen molar-refractivity contribution in [2.75, 3.05) is 6.61 Å². The first-order valence-corrected chi connectivity index (χ1v) is 7.93. The summed E-state index contributed by atoms with van der Waals surface area (Å²) < 4.78 is 31.4. The summed E-state index contributed by atoms with van der Waals surface area (Å²) in [7, 11) is 0. The van der Waals surface area contributed by atoms with Gasteiger partial charge in [-0.2, -0.15) is 0 Å². The van der Waals surface area contributed by atoms with E-state index in [1.165, 1.54) is 30.3 Å². The predicted molar refractivity (Wildman–Crippen MR) is 87.5 cm³/mol. The summed E-state index contributed by atoms with van der Waals surface area (Å²) in [5.74, 6) is -0.895. The van der Waals surface area contributed by atoms with Gasteiger partial charge in [-0.05, 0) is 54.7 Å². The second-order valence-electron chi connectivity index (χ2n) is 5.91. The zero-order chi connectivity index (χ0) is 17.2. The van der Waals surface area contributed by atoms with Gasteiger partial charge in [0.05, 0.1) is 6.61 Å². The fraction of sp³-hybridized carbons (Fsp3) is 0.250. The minimum absolute atomic E-state index is 0.0813. The molecule has 0 aliphatic heterocycles. The van der Waals surface area contributed by atoms with E-state index >= 15 is 0 Å². The fourth-order valence-corrected chi connectivity index (χ4v) is 3.23. The molecule has 1 aliphatic carbocycles. The van der Waals surface area contributed by atoms with Crippen molar-refractivity contribution in [3.63, 3.8) is 0 Å². The van der Waals surface area contributed by atoms with Crippen LogP contribution in [0.4, 0.5) is 8.78 Å². The lowest BCUT2D eigenvalue weighted by Crippen LogP contribution is -2.12. The third kappa shape index (κ3) is 3.09. The molecule has 3 rings (SSSR count). The van der Waals surface area contributed by atoms with Gasteiger partial charge in [0.15, 0.2) is 0 Å². The van der Waals surface area contributed by atoms with Gasteiger partial charge < -0.3 is 4.74 Å². The SMILES string of the molecule is CCOC(=O)C=C[C@H]1CC1(c1ccc(F)cc1)c1ccc(F)cc1. The van der Waals surface area contributed by atoms with Crippen molar-refractivity contribution in [1.82, 2.24) is 0 Å². The quantitative estimate of drug-likeness (QED) is 0.601. The molecule has 4 heteroatoms. The Morgan fingerprint density at radius 3 is 2.04 bits per heavy atom. The Labute approximate surface area is 139 Å². The molecule has 0 spiro atoms. The largest absolute Gasteiger partial charge is 0.463 e. The highest BCUT2D eigenvalue weighted by Gasteiger charge is 2.55. The zero-order valence-electron chi connectivity index (χ0n) is 13.3. The monoisotopic (exact) mass is 328 g/mol. The van der Waals surface area contributed by atoms with Crippen LogP contribution in [0.25, 0.3) is 0 Å². The summed E-state index contributed by atoms with van der Waals surface area (Å²) in [6.07, 6.45) is 4.04. The zero-order valence-corrected chi connectivity index (χ0v) is 13.3. The maximum Gasteiger partial charge on any atom is 0.330 e. The molecular weight excluding hydrogens is 310 g/mol. The molecule has 2 aromatic carbocycles. The molecule has 0 heterocycles. The predicted octanol–water partition coefficient (Wildman–Crippen LogP) is 4.39. The molecule has 0 unspecified atom stereocenters. The lowest BCUT2D eigenvalue weighted by molar-refractivity contribution is -0.137. The average molecular weight is 328 g/mol. The van der Waals surface area contributed by atoms with Crippen LogP contribution in [0.3, 0.4) is 0 Å². The van der Waals surface area contributed by atoms with Crippen LogP contribution in [0.1, 0.15) is 24.5 Å². The summed E-state index contributed by atoms with van der Waals surface area (Å²) in [5.41, 5.74) is 1.55. The van der Waals surface area contributed by atoms with Gasteiger partial charge in [-0.25, -0.2) is 13.6 Å². The number of rotatable bonds is 5. The molecule has 124 valence electrons. The third-order valence-electron chi connectivity index (χ3n) is 4.48. The molecule has 1 fully saturated rings. The molecule has 24 heavy (non-hydrogen) atoms. The first kappa shape index (κ1) is 16.4. The highest BCUT2D eigenvalue weighted by molar-refractivity contribution is 5.82. The van der Waals surface area contributed by atoms with Gasteiger partial charge in [0.25, 0.3) is 0 Å². The molecule has 1 saturated carbocycles. The molecule has 2 nitrogen and oxygen atoms in total. The van der Waals surface area contributed by atoms with Crippen LogP contribution in [-0.2, 0) is 14.9 Å². The second-order valence-corrected chi connectivity index (χ2v) is 5.91. The summed E-state index contributed by atoms with van der Waals surface area (Å²) in [6.45, 7) is 2.08. The van der Waals surface area contributed by atoms with Crippen LogP contribution in [0.2, 0.25) is 0 Å². The van der Waals surface area contributed by atoms with Crippen LogP contribution >= 0.6 is 0 Å². The number of ether oxygens (including phenoxy) is 1. The highest BCUT2D eigenvalue weighted by Crippen LogP contribution is 2.59. The molecule has 0 aromatic heterocycles. The molecule has 1 aliphatic rings. The van der Waals surface area contributed by atoms with Gasteiger partial charge in [-0.1, -0.05) is 30.3 Å². The first-order valence-electron chi connectivity index (χ1n) is 7.93. The number of halogens is 2. The van der Waals surface area contributed by atoms with Gasteiger partial charge >= 0.3 is 5.97 Å². The third-order valence-corrected chi connectivity index (χ3v) is 4.48. The normalized spacial score (nSPS) is 18.5. The van der Waals surface area contributed by atoms with Crippen molar-refractivity contribution < 1.29 is 18.3 Å². The molecule has 0 saturated heterocycles. The molecule has 2 aromatic rings. The van der Waals surface area contributed by atoms with Crippen LogP contribution in [-0.4, -0.2) is 12.6 Å². The molecule has 0 amide bonds. The van der Waals surface area contributed by atoms with E-state index in [4.69, 9.17) is 4.74 Å². The van der Waals surface area contributed by atoms with Gasteiger partial charge in [0.1, 0.15) is 11.6 Å². The van der Waals surface area contributed by atoms with Crippen molar-refractivity contribution in [1.29, 1.82) is 0 Å². The van der Waals surface area contributed by atoms with E-state index in [0.717, 1.165) is 17.5 Å². The van der Waals surface area contributed by atoms with Crippen molar-refractivity contribution in [3.05, 3.63) is 83.4 Å². The van der Waals surface area contributed by atoms with E-state index in [1.807, 2.05) is 6.08 Å². The average Bonchev–Trinajstić information content (AvgIpc) is 3.30. The Balaban J connectivity index is 1.93. The lowest BCUT2D eigenvalue weighted by atomic mass is 9.85. The molecule has 0 radical (unpaired) electrons. The van der Waals surface area contributed by atoms with E-state index in [1.54, 1.807) is 31.2 Å². The van der Waals surface area contributed by atoms with Gasteiger partial charge in [0, 0.05) is 11.5 Å². The van der Waals surface area contributed by atoms with Crippen LogP contribution in [0, 0.1) is 17.6 Å². The van der Waals surface area contributed by atoms with Gasteiger partial charge in [-0.15, -0.1) is 0 Å². The summed E-state index contributed by atoms with van der Waals surface area (Å²) >= 11 is 0. The Morgan fingerprint density at radius 1 is 1.08 bits per heavy atom. The Bertz CT molecular complexity index is 703. The van der Waals surface area contributed by atoms with E-state index in [-0.39, 0.29) is 28.9 Å². The number of hydrogen-bond donors (Lipinski definition) is 0. The molecule has 0 N–H and O–H groups in total. The van der Waals surface area contributed by atoms with Crippen LogP contribution in [0.15, 0.2) is 60.7 Å². The van der Waals surface area contributed by atoms with E-state index in [2.05, 4.69) is 0 Å². The summed E-state index contributed by atoms with van der Waals surface area (Å²) in [6, 6.07) is 12.7. The van der Waals surface area contributed by atoms with Crippen molar-refractivity contribution in [2.45, 2.75) is 18.8 Å². The minimum atomic E-state index is -0.378. The van der Waals surface area contributed by atoms with Crippen LogP contribution in [0.5, 0.6) is 0 Å². The standard InChI is InChI=1S/C20H18F2O2/c1-2-24-19(23)12-7-16-13-20(16,14-3-8-17(21)9-4-14)15-5-10-18(22)11-6-15/h3-12,16H,2,13H2,1H3/t16-/m0/s1. The smallest absolute Gasteiger partial charge is 0.330 e. The van der Waals surface area contributed by atoms with Crippen molar-refractivity contribution in [2.24, 2.45) is 5.92 Å². The lowest BCUT2D eigenvalue weighted by Gasteiger charge is -2.18. The Kier molecular flexibility index (Phi) is 4.47. The number of carbonyl (C=O) groups is 1. The first-order chi connectivity index (χ1) is 11.6. The number of hydrogen-bond acceptors (Lipinski definition) is 2. The Hall–Kier alpha value is -2.49. The van der Waals surface area contributed by atoms with E-state index in [9.17, 15) is 13.6 Å². The summed E-state index contributed by atoms with van der Waals surface area (Å²) in [5, 5.41) is 0. The molecule has 1 atom stereocenters. The number of allylic oxidation sites excluding steroid dienone is 1. The number of benzene rings is 2. The van der Waals surface area contributed by atoms with E-state index in [0.29, 0.717) is 6.61 Å². The summed E-state index contributed by atoms with van der Waals surface area (Å²) in [4.78, 5) is 11.5.